The van der Waals surface area contributed by atoms with Crippen LogP contribution in [-0.2, 0) is 43.1 Å². The molecule has 83 heavy (non-hydrogen) atoms. The van der Waals surface area contributed by atoms with E-state index in [-0.39, 0.29) is 19.5 Å². The van der Waals surface area contributed by atoms with Crippen LogP contribution in [0.3, 0.4) is 0 Å². The zero-order chi connectivity index (χ0) is 60.8. The SMILES string of the molecule is CC=Cc1cc(OP([O-])(=S)Sc2cc(C=CC)c(C=CC)c(C=CC)c2C=CC)c(C=CC)c(C=CC)c1C=CC.CC=Cc1cc(OP([O-])(=S)Sc2cc(C=CC)c(C=CC)c(C=CC)c2C=CC)c(C=CC)c(C=CC)c1C=CC.[Zn+2]. The van der Waals surface area contributed by atoms with Gasteiger partial charge in [0.25, 0.3) is 0 Å². The van der Waals surface area contributed by atoms with Gasteiger partial charge in [0.2, 0.25) is 0 Å². The maximum absolute atomic E-state index is 14.2. The van der Waals surface area contributed by atoms with Gasteiger partial charge in [-0.05, 0) is 213 Å². The number of hydrogen-bond donors (Lipinski definition) is 0. The minimum absolute atomic E-state index is 0. The smallest absolute Gasteiger partial charge is 0.783 e. The molecule has 2 unspecified atom stereocenters. The Bertz CT molecular complexity index is 3010. The van der Waals surface area contributed by atoms with Gasteiger partial charge < -0.3 is 18.8 Å². The van der Waals surface area contributed by atoms with Crippen LogP contribution in [0.5, 0.6) is 11.5 Å². The molecular weight excluding hydrogens is 1180 g/mol. The molecule has 0 saturated heterocycles. The van der Waals surface area contributed by atoms with E-state index < -0.39 is 11.4 Å². The zero-order valence-electron chi connectivity index (χ0n) is 51.7. The van der Waals surface area contributed by atoms with E-state index in [0.717, 1.165) is 122 Å². The predicted octanol–water partition coefficient (Wildman–Crippen LogP) is 23.4. The summed E-state index contributed by atoms with van der Waals surface area (Å²) in [5.74, 6) is 1.01. The van der Waals surface area contributed by atoms with Crippen molar-refractivity contribution in [3.8, 4) is 11.5 Å². The van der Waals surface area contributed by atoms with E-state index in [1.807, 2.05) is 257 Å². The monoisotopic (exact) mass is 1270 g/mol. The van der Waals surface area contributed by atoms with Crippen LogP contribution in [-0.4, -0.2) is 0 Å². The number of hydrogen-bond acceptors (Lipinski definition) is 8. The van der Waals surface area contributed by atoms with Crippen molar-refractivity contribution in [1.29, 1.82) is 0 Å². The number of rotatable bonds is 24. The Morgan fingerprint density at radius 2 is 0.458 bits per heavy atom. The van der Waals surface area contributed by atoms with E-state index in [1.165, 1.54) is 0 Å². The van der Waals surface area contributed by atoms with Crippen molar-refractivity contribution in [3.63, 3.8) is 0 Å². The van der Waals surface area contributed by atoms with E-state index in [9.17, 15) is 9.79 Å². The van der Waals surface area contributed by atoms with E-state index in [1.54, 1.807) is 0 Å². The largest absolute Gasteiger partial charge is 2.00 e. The van der Waals surface area contributed by atoms with Crippen molar-refractivity contribution < 1.29 is 38.3 Å². The summed E-state index contributed by atoms with van der Waals surface area (Å²) in [4.78, 5) is 30.0. The molecule has 0 N–H and O–H groups in total. The predicted molar refractivity (Wildman–Crippen MR) is 383 cm³/mol. The van der Waals surface area contributed by atoms with Crippen LogP contribution in [0.2, 0.25) is 0 Å². The van der Waals surface area contributed by atoms with Crippen molar-refractivity contribution >= 4 is 155 Å². The van der Waals surface area contributed by atoms with Crippen molar-refractivity contribution in [3.05, 3.63) is 210 Å². The molecule has 0 spiro atoms. The second-order valence-electron chi connectivity index (χ2n) is 18.1. The maximum Gasteiger partial charge on any atom is 2.00 e. The van der Waals surface area contributed by atoms with Crippen LogP contribution in [0.1, 0.15) is 200 Å². The average molecular weight is 1270 g/mol. The second-order valence-corrected chi connectivity index (χ2v) is 29.7. The molecule has 0 saturated carbocycles. The topological polar surface area (TPSA) is 64.6 Å². The molecule has 4 nitrogen and oxygen atoms in total. The molecular formula is C72H84O4P2S4Zn. The molecule has 0 aromatic heterocycles. The minimum Gasteiger partial charge on any atom is -0.783 e. The van der Waals surface area contributed by atoms with Crippen LogP contribution < -0.4 is 18.8 Å². The summed E-state index contributed by atoms with van der Waals surface area (Å²) in [6.45, 7) is 31.8. The summed E-state index contributed by atoms with van der Waals surface area (Å²) in [5, 5.41) is 0. The van der Waals surface area contributed by atoms with Gasteiger partial charge in [-0.3, -0.25) is 0 Å². The van der Waals surface area contributed by atoms with Gasteiger partial charge in [-0.15, -0.1) is 0 Å². The Morgan fingerprint density at radius 3 is 0.687 bits per heavy atom. The standard InChI is InChI=1S/2C36H43O2PS2.Zn/c2*1-9-17-27-25-35(33(23-15-7)31(21-13-5)29(27)19-11-3)38-39(37,40)41-36-26-28(18-10-2)30(20-12-4)32(22-14-6)34(36)24-16-8;/h2*9-26H,1-8H3,(H,37,40);/q;;+2/p-2. The molecule has 0 fully saturated rings. The number of allylic oxidation sites excluding steroid dienone is 16. The van der Waals surface area contributed by atoms with Crippen LogP contribution in [0, 0.1) is 0 Å². The van der Waals surface area contributed by atoms with Crippen molar-refractivity contribution in [1.82, 2.24) is 0 Å². The van der Waals surface area contributed by atoms with Crippen molar-refractivity contribution in [2.75, 3.05) is 0 Å². The minimum atomic E-state index is -3.65. The Hall–Kier alpha value is -5.14. The van der Waals surface area contributed by atoms with Crippen LogP contribution in [0.25, 0.3) is 97.2 Å². The van der Waals surface area contributed by atoms with Gasteiger partial charge in [0.05, 0.1) is 0 Å². The molecule has 0 aliphatic heterocycles. The summed E-state index contributed by atoms with van der Waals surface area (Å²) in [5.41, 5.74) is 8.73. The first-order valence-corrected chi connectivity index (χ1v) is 35.9. The molecule has 0 heterocycles. The van der Waals surface area contributed by atoms with E-state index >= 15 is 0 Å². The summed E-state index contributed by atoms with van der Waals surface area (Å²) in [6.07, 6.45) is 65.0. The Morgan fingerprint density at radius 1 is 0.277 bits per heavy atom. The molecule has 0 amide bonds. The molecule has 4 rings (SSSR count). The Kier molecular flexibility index (Phi) is 34.5. The fourth-order valence-electron chi connectivity index (χ4n) is 9.16. The van der Waals surface area contributed by atoms with Gasteiger partial charge in [-0.1, -0.05) is 241 Å². The van der Waals surface area contributed by atoms with Gasteiger partial charge in [0, 0.05) is 20.9 Å². The fraction of sp³-hybridized carbons (Fsp3) is 0.222. The first-order valence-electron chi connectivity index (χ1n) is 27.8. The summed E-state index contributed by atoms with van der Waals surface area (Å²) < 4.78 is 12.6. The van der Waals surface area contributed by atoms with Crippen LogP contribution in [0.15, 0.2) is 131 Å². The molecule has 2 atom stereocenters. The molecule has 0 radical (unpaired) electrons. The fourth-order valence-corrected chi connectivity index (χ4v) is 16.4. The van der Waals surface area contributed by atoms with Gasteiger partial charge in [0.1, 0.15) is 22.9 Å². The molecule has 0 bridgehead atoms. The second kappa shape index (κ2) is 38.7. The maximum atomic E-state index is 14.2. The average Bonchev–Trinajstić information content (AvgIpc) is 3.63. The van der Waals surface area contributed by atoms with E-state index in [4.69, 9.17) is 32.7 Å². The van der Waals surface area contributed by atoms with Crippen molar-refractivity contribution in [2.24, 2.45) is 0 Å². The normalized spacial score (nSPS) is 14.4. The molecule has 0 aliphatic carbocycles. The first kappa shape index (κ1) is 74.0. The van der Waals surface area contributed by atoms with Crippen molar-refractivity contribution in [2.45, 2.75) is 121 Å². The zero-order valence-corrected chi connectivity index (χ0v) is 59.7. The third kappa shape index (κ3) is 21.1. The molecule has 0 aliphatic rings. The first-order chi connectivity index (χ1) is 39.5. The third-order valence-corrected chi connectivity index (χ3v) is 19.1. The number of benzene rings is 4. The van der Waals surface area contributed by atoms with E-state index in [0.29, 0.717) is 11.5 Å². The molecule has 4 aromatic carbocycles. The summed E-state index contributed by atoms with van der Waals surface area (Å²) in [6, 6.07) is 8.00. The van der Waals surface area contributed by atoms with Gasteiger partial charge >= 0.3 is 19.5 Å². The molecule has 432 valence electrons. The van der Waals surface area contributed by atoms with Crippen LogP contribution >= 0.6 is 34.2 Å². The third-order valence-electron chi connectivity index (χ3n) is 12.0. The Labute approximate surface area is 531 Å². The van der Waals surface area contributed by atoms with Gasteiger partial charge in [0.15, 0.2) is 0 Å². The van der Waals surface area contributed by atoms with Crippen LogP contribution in [0.4, 0.5) is 0 Å². The van der Waals surface area contributed by atoms with E-state index in [2.05, 4.69) is 72.9 Å². The van der Waals surface area contributed by atoms with Gasteiger partial charge in [-0.2, -0.15) is 0 Å². The summed E-state index contributed by atoms with van der Waals surface area (Å²) >= 11 is 13.7. The Balaban J connectivity index is 0.000000560. The molecule has 4 aromatic rings. The quantitative estimate of drug-likeness (QED) is 0.0508. The summed E-state index contributed by atoms with van der Waals surface area (Å²) in [7, 11) is 0. The molecule has 11 heteroatoms. The van der Waals surface area contributed by atoms with Gasteiger partial charge in [-0.25, -0.2) is 0 Å².